The van der Waals surface area contributed by atoms with Crippen LogP contribution in [0, 0.1) is 6.92 Å². The van der Waals surface area contributed by atoms with E-state index in [9.17, 15) is 0 Å². The van der Waals surface area contributed by atoms with Crippen molar-refractivity contribution in [2.75, 3.05) is 5.32 Å². The van der Waals surface area contributed by atoms with E-state index in [1.165, 1.54) is 5.56 Å². The monoisotopic (exact) mass is 306 g/mol. The average molecular weight is 307 g/mol. The summed E-state index contributed by atoms with van der Waals surface area (Å²) in [5.41, 5.74) is 3.36. The predicted molar refractivity (Wildman–Crippen MR) is 84.8 cm³/mol. The van der Waals surface area contributed by atoms with E-state index in [0.29, 0.717) is 17.1 Å². The van der Waals surface area contributed by atoms with Crippen molar-refractivity contribution < 1.29 is 0 Å². The average Bonchev–Trinajstić information content (AvgIpc) is 2.35. The molecule has 3 rings (SSSR count). The van der Waals surface area contributed by atoms with Crippen molar-refractivity contribution in [2.24, 2.45) is 0 Å². The first-order valence-electron chi connectivity index (χ1n) is 6.77. The Hall–Kier alpha value is -1.25. The summed E-state index contributed by atoms with van der Waals surface area (Å²) in [4.78, 5) is 4.26. The Morgan fingerprint density at radius 1 is 1.15 bits per heavy atom. The molecule has 0 atom stereocenters. The van der Waals surface area contributed by atoms with Gasteiger partial charge in [0.05, 0.1) is 11.4 Å². The van der Waals surface area contributed by atoms with Crippen molar-refractivity contribution in [1.82, 2.24) is 4.98 Å². The molecule has 1 heterocycles. The summed E-state index contributed by atoms with van der Waals surface area (Å²) in [5.74, 6) is 0.603. The molecule has 0 aliphatic heterocycles. The molecule has 1 N–H and O–H groups in total. The predicted octanol–water partition coefficient (Wildman–Crippen LogP) is 5.05. The second-order valence-electron chi connectivity index (χ2n) is 5.33. The van der Waals surface area contributed by atoms with Gasteiger partial charge in [0.1, 0.15) is 5.15 Å². The normalized spacial score (nSPS) is 21.4. The van der Waals surface area contributed by atoms with Gasteiger partial charge >= 0.3 is 0 Å². The topological polar surface area (TPSA) is 24.9 Å². The maximum absolute atomic E-state index is 6.04. The number of anilines is 1. The number of aromatic nitrogens is 1. The lowest BCUT2D eigenvalue weighted by Crippen LogP contribution is -2.34. The zero-order chi connectivity index (χ0) is 14.1. The Morgan fingerprint density at radius 2 is 1.95 bits per heavy atom. The van der Waals surface area contributed by atoms with Crippen molar-refractivity contribution in [1.29, 1.82) is 0 Å². The third-order valence-electron chi connectivity index (χ3n) is 3.87. The first kappa shape index (κ1) is 13.7. The molecule has 1 aliphatic carbocycles. The number of pyridine rings is 1. The number of halogens is 2. The van der Waals surface area contributed by atoms with Gasteiger partial charge in [0.25, 0.3) is 0 Å². The molecule has 0 amide bonds. The Kier molecular flexibility index (Phi) is 3.86. The summed E-state index contributed by atoms with van der Waals surface area (Å²) in [6.07, 6.45) is 2.25. The molecule has 1 aliphatic rings. The molecule has 1 aromatic heterocycles. The van der Waals surface area contributed by atoms with Gasteiger partial charge in [-0.25, -0.2) is 4.98 Å². The first-order chi connectivity index (χ1) is 9.61. The van der Waals surface area contributed by atoms with Gasteiger partial charge in [-0.2, -0.15) is 0 Å². The lowest BCUT2D eigenvalue weighted by molar-refractivity contribution is 0.374. The molecule has 2 aromatic rings. The minimum Gasteiger partial charge on any atom is -0.381 e. The summed E-state index contributed by atoms with van der Waals surface area (Å²) in [6, 6.07) is 12.5. The molecule has 104 valence electrons. The minimum absolute atomic E-state index is 0.501. The number of benzene rings is 1. The summed E-state index contributed by atoms with van der Waals surface area (Å²) in [6.45, 7) is 1.97. The van der Waals surface area contributed by atoms with Crippen molar-refractivity contribution in [3.05, 3.63) is 57.8 Å². The van der Waals surface area contributed by atoms with E-state index in [-0.39, 0.29) is 0 Å². The van der Waals surface area contributed by atoms with E-state index >= 15 is 0 Å². The summed E-state index contributed by atoms with van der Waals surface area (Å²) in [5, 5.41) is 4.89. The minimum atomic E-state index is 0.501. The second-order valence-corrected chi connectivity index (χ2v) is 6.16. The lowest BCUT2D eigenvalue weighted by Gasteiger charge is -2.37. The van der Waals surface area contributed by atoms with Crippen LogP contribution >= 0.6 is 23.2 Å². The van der Waals surface area contributed by atoms with Crippen molar-refractivity contribution in [3.8, 4) is 0 Å². The van der Waals surface area contributed by atoms with Crippen LogP contribution in [0.25, 0.3) is 0 Å². The molecule has 0 bridgehead atoms. The molecule has 1 fully saturated rings. The molecule has 0 unspecified atom stereocenters. The van der Waals surface area contributed by atoms with Crippen LogP contribution in [-0.4, -0.2) is 11.0 Å². The zero-order valence-electron chi connectivity index (χ0n) is 11.2. The Balaban J connectivity index is 1.61. The van der Waals surface area contributed by atoms with Crippen LogP contribution in [0.5, 0.6) is 0 Å². The van der Waals surface area contributed by atoms with Gasteiger partial charge in [-0.05, 0) is 55.5 Å². The SMILES string of the molecule is Cc1nc(Cl)ccc1NC1CC(c2cccc(Cl)c2)C1. The number of rotatable bonds is 3. The summed E-state index contributed by atoms with van der Waals surface area (Å²) in [7, 11) is 0. The number of aryl methyl sites for hydroxylation is 1. The molecular weight excluding hydrogens is 291 g/mol. The summed E-state index contributed by atoms with van der Waals surface area (Å²) < 4.78 is 0. The molecule has 0 spiro atoms. The number of nitrogens with zero attached hydrogens (tertiary/aromatic N) is 1. The smallest absolute Gasteiger partial charge is 0.129 e. The van der Waals surface area contributed by atoms with Gasteiger partial charge in [-0.1, -0.05) is 35.3 Å². The third kappa shape index (κ3) is 2.92. The number of hydrogen-bond acceptors (Lipinski definition) is 2. The fourth-order valence-corrected chi connectivity index (χ4v) is 3.06. The summed E-state index contributed by atoms with van der Waals surface area (Å²) >= 11 is 11.9. The van der Waals surface area contributed by atoms with Gasteiger partial charge in [0.2, 0.25) is 0 Å². The van der Waals surface area contributed by atoms with E-state index in [0.717, 1.165) is 29.2 Å². The molecule has 1 aromatic carbocycles. The van der Waals surface area contributed by atoms with E-state index < -0.39 is 0 Å². The Bertz CT molecular complexity index is 622. The Morgan fingerprint density at radius 3 is 2.65 bits per heavy atom. The molecule has 2 nitrogen and oxygen atoms in total. The molecule has 4 heteroatoms. The molecule has 1 saturated carbocycles. The van der Waals surface area contributed by atoms with Crippen LogP contribution in [0.2, 0.25) is 10.2 Å². The quantitative estimate of drug-likeness (QED) is 0.802. The van der Waals surface area contributed by atoms with Crippen LogP contribution in [0.15, 0.2) is 36.4 Å². The first-order valence-corrected chi connectivity index (χ1v) is 7.52. The van der Waals surface area contributed by atoms with E-state index in [1.807, 2.05) is 31.2 Å². The maximum atomic E-state index is 6.04. The maximum Gasteiger partial charge on any atom is 0.129 e. The second kappa shape index (κ2) is 5.63. The van der Waals surface area contributed by atoms with Crippen LogP contribution < -0.4 is 5.32 Å². The highest BCUT2D eigenvalue weighted by Crippen LogP contribution is 2.39. The standard InChI is InChI=1S/C16H16Cl2N2/c1-10-15(5-6-16(18)19-10)20-14-8-12(9-14)11-3-2-4-13(17)7-11/h2-7,12,14,20H,8-9H2,1H3. The third-order valence-corrected chi connectivity index (χ3v) is 4.32. The highest BCUT2D eigenvalue weighted by molar-refractivity contribution is 6.30. The largest absolute Gasteiger partial charge is 0.381 e. The van der Waals surface area contributed by atoms with Crippen LogP contribution in [0.1, 0.15) is 30.0 Å². The number of hydrogen-bond donors (Lipinski definition) is 1. The fourth-order valence-electron chi connectivity index (χ4n) is 2.67. The van der Waals surface area contributed by atoms with Crippen LogP contribution in [0.3, 0.4) is 0 Å². The van der Waals surface area contributed by atoms with Crippen molar-refractivity contribution >= 4 is 28.9 Å². The zero-order valence-corrected chi connectivity index (χ0v) is 12.7. The van der Waals surface area contributed by atoms with Gasteiger partial charge in [0.15, 0.2) is 0 Å². The molecule has 0 radical (unpaired) electrons. The van der Waals surface area contributed by atoms with Gasteiger partial charge in [-0.15, -0.1) is 0 Å². The van der Waals surface area contributed by atoms with Crippen LogP contribution in [0.4, 0.5) is 5.69 Å². The van der Waals surface area contributed by atoms with E-state index in [1.54, 1.807) is 0 Å². The number of nitrogens with one attached hydrogen (secondary N) is 1. The highest BCUT2D eigenvalue weighted by atomic mass is 35.5. The van der Waals surface area contributed by atoms with Crippen molar-refractivity contribution in [3.63, 3.8) is 0 Å². The van der Waals surface area contributed by atoms with Crippen molar-refractivity contribution in [2.45, 2.75) is 31.7 Å². The lowest BCUT2D eigenvalue weighted by atomic mass is 9.76. The molecular formula is C16H16Cl2N2. The molecule has 20 heavy (non-hydrogen) atoms. The van der Waals surface area contributed by atoms with Gasteiger partial charge in [0, 0.05) is 11.1 Å². The van der Waals surface area contributed by atoms with Crippen LogP contribution in [-0.2, 0) is 0 Å². The van der Waals surface area contributed by atoms with E-state index in [2.05, 4.69) is 22.4 Å². The highest BCUT2D eigenvalue weighted by Gasteiger charge is 2.30. The van der Waals surface area contributed by atoms with E-state index in [4.69, 9.17) is 23.2 Å². The molecule has 0 saturated heterocycles. The van der Waals surface area contributed by atoms with Gasteiger partial charge in [-0.3, -0.25) is 0 Å². The Labute approximate surface area is 129 Å². The fraction of sp³-hybridized carbons (Fsp3) is 0.312. The van der Waals surface area contributed by atoms with Gasteiger partial charge < -0.3 is 5.32 Å².